The van der Waals surface area contributed by atoms with Gasteiger partial charge in [-0.15, -0.1) is 0 Å². The van der Waals surface area contributed by atoms with Gasteiger partial charge in [-0.05, 0) is 40.2 Å². The van der Waals surface area contributed by atoms with Crippen molar-refractivity contribution in [1.82, 2.24) is 0 Å². The van der Waals surface area contributed by atoms with E-state index in [4.69, 9.17) is 16.3 Å². The Hall–Kier alpha value is -2.25. The van der Waals surface area contributed by atoms with Crippen LogP contribution >= 0.6 is 27.5 Å². The molecule has 0 aromatic heterocycles. The molecule has 0 spiro atoms. The molecule has 0 N–H and O–H groups in total. The molecule has 0 radical (unpaired) electrons. The van der Waals surface area contributed by atoms with Crippen molar-refractivity contribution in [2.24, 2.45) is 0 Å². The second-order valence-electron chi connectivity index (χ2n) is 4.12. The lowest BCUT2D eigenvalue weighted by Gasteiger charge is -2.08. The fraction of sp³-hybridized carbons (Fsp3) is 0. The van der Waals surface area contributed by atoms with E-state index in [0.717, 1.165) is 12.1 Å². The lowest BCUT2D eigenvalue weighted by Crippen LogP contribution is -2.10. The Morgan fingerprint density at radius 1 is 1.27 bits per heavy atom. The molecule has 0 heterocycles. The van der Waals surface area contributed by atoms with Gasteiger partial charge in [-0.1, -0.05) is 11.6 Å². The summed E-state index contributed by atoms with van der Waals surface area (Å²) in [5, 5.41) is 10.5. The van der Waals surface area contributed by atoms with E-state index in [1.165, 1.54) is 24.3 Å². The molecule has 6 nitrogen and oxygen atoms in total. The topological polar surface area (TPSA) is 86.5 Å². The zero-order valence-corrected chi connectivity index (χ0v) is 13.1. The molecule has 0 unspecified atom stereocenters. The number of nitrogens with zero attached hydrogens (tertiary/aromatic N) is 1. The van der Waals surface area contributed by atoms with Gasteiger partial charge < -0.3 is 4.74 Å². The van der Waals surface area contributed by atoms with Crippen LogP contribution in [0.1, 0.15) is 20.7 Å². The van der Waals surface area contributed by atoms with Crippen molar-refractivity contribution in [2.45, 2.75) is 0 Å². The molecule has 2 rings (SSSR count). The Morgan fingerprint density at radius 3 is 2.55 bits per heavy atom. The van der Waals surface area contributed by atoms with Gasteiger partial charge in [0.1, 0.15) is 12.0 Å². The average molecular weight is 385 g/mol. The first-order valence-corrected chi connectivity index (χ1v) is 7.00. The SMILES string of the molecule is O=Cc1ccc(OC(=O)c2ccc([N+](=O)[O-])cc2Cl)c(Br)c1. The van der Waals surface area contributed by atoms with Crippen molar-refractivity contribution in [3.63, 3.8) is 0 Å². The summed E-state index contributed by atoms with van der Waals surface area (Å²) >= 11 is 9.04. The number of rotatable bonds is 4. The standard InChI is InChI=1S/C14H7BrClNO5/c15-11-5-8(7-18)1-4-13(11)22-14(19)10-3-2-9(17(20)21)6-12(10)16/h1-7H. The van der Waals surface area contributed by atoms with E-state index in [-0.39, 0.29) is 22.0 Å². The Labute approximate surface area is 137 Å². The number of non-ortho nitro benzene ring substituents is 1. The minimum Gasteiger partial charge on any atom is -0.422 e. The summed E-state index contributed by atoms with van der Waals surface area (Å²) in [5.41, 5.74) is 0.191. The molecule has 0 fully saturated rings. The predicted octanol–water partition coefficient (Wildman–Crippen LogP) is 4.04. The Kier molecular flexibility index (Phi) is 4.89. The number of halogens is 2. The van der Waals surface area contributed by atoms with E-state index in [0.29, 0.717) is 16.3 Å². The molecule has 0 aliphatic heterocycles. The summed E-state index contributed by atoms with van der Waals surface area (Å²) < 4.78 is 5.58. The van der Waals surface area contributed by atoms with E-state index in [9.17, 15) is 19.7 Å². The first-order valence-electron chi connectivity index (χ1n) is 5.83. The molecular weight excluding hydrogens is 378 g/mol. The van der Waals surface area contributed by atoms with Crippen LogP contribution in [0.3, 0.4) is 0 Å². The van der Waals surface area contributed by atoms with Gasteiger partial charge in [-0.25, -0.2) is 4.79 Å². The van der Waals surface area contributed by atoms with E-state index in [1.54, 1.807) is 0 Å². The average Bonchev–Trinajstić information content (AvgIpc) is 2.48. The Bertz CT molecular complexity index is 778. The van der Waals surface area contributed by atoms with Gasteiger partial charge in [0.05, 0.1) is 20.0 Å². The summed E-state index contributed by atoms with van der Waals surface area (Å²) in [6.07, 6.45) is 0.656. The third-order valence-corrected chi connectivity index (χ3v) is 3.61. The summed E-state index contributed by atoms with van der Waals surface area (Å²) in [5.74, 6) is -0.565. The maximum atomic E-state index is 12.1. The summed E-state index contributed by atoms with van der Waals surface area (Å²) in [6, 6.07) is 7.88. The molecule has 0 saturated heterocycles. The van der Waals surface area contributed by atoms with Crippen molar-refractivity contribution < 1.29 is 19.2 Å². The van der Waals surface area contributed by atoms with Gasteiger partial charge in [0, 0.05) is 17.7 Å². The van der Waals surface area contributed by atoms with Crippen LogP contribution in [0, 0.1) is 10.1 Å². The predicted molar refractivity (Wildman–Crippen MR) is 82.6 cm³/mol. The molecule has 0 aliphatic rings. The number of aldehydes is 1. The lowest BCUT2D eigenvalue weighted by molar-refractivity contribution is -0.384. The molecule has 0 saturated carbocycles. The van der Waals surface area contributed by atoms with Crippen LogP contribution in [-0.4, -0.2) is 17.2 Å². The van der Waals surface area contributed by atoms with Crippen LogP contribution in [0.5, 0.6) is 5.75 Å². The quantitative estimate of drug-likeness (QED) is 0.261. The van der Waals surface area contributed by atoms with Gasteiger partial charge in [0.25, 0.3) is 5.69 Å². The van der Waals surface area contributed by atoms with Gasteiger partial charge in [0.2, 0.25) is 0 Å². The van der Waals surface area contributed by atoms with Gasteiger partial charge in [-0.2, -0.15) is 0 Å². The number of nitro groups is 1. The van der Waals surface area contributed by atoms with Crippen molar-refractivity contribution in [3.8, 4) is 5.75 Å². The Balaban J connectivity index is 2.26. The van der Waals surface area contributed by atoms with Crippen LogP contribution in [0.25, 0.3) is 0 Å². The molecule has 8 heteroatoms. The largest absolute Gasteiger partial charge is 0.422 e. The minimum atomic E-state index is -0.764. The molecule has 0 aliphatic carbocycles. The molecule has 0 bridgehead atoms. The van der Waals surface area contributed by atoms with Crippen molar-refractivity contribution >= 4 is 45.5 Å². The fourth-order valence-corrected chi connectivity index (χ4v) is 2.34. The molecule has 22 heavy (non-hydrogen) atoms. The smallest absolute Gasteiger partial charge is 0.345 e. The van der Waals surface area contributed by atoms with E-state index in [1.807, 2.05) is 0 Å². The summed E-state index contributed by atoms with van der Waals surface area (Å²) in [4.78, 5) is 32.7. The third kappa shape index (κ3) is 3.49. The zero-order chi connectivity index (χ0) is 16.3. The van der Waals surface area contributed by atoms with Gasteiger partial charge in [0.15, 0.2) is 0 Å². The minimum absolute atomic E-state index is 0.00127. The van der Waals surface area contributed by atoms with Crippen LogP contribution in [-0.2, 0) is 0 Å². The number of hydrogen-bond acceptors (Lipinski definition) is 5. The van der Waals surface area contributed by atoms with E-state index in [2.05, 4.69) is 15.9 Å². The summed E-state index contributed by atoms with van der Waals surface area (Å²) in [6.45, 7) is 0. The van der Waals surface area contributed by atoms with Crippen molar-refractivity contribution in [1.29, 1.82) is 0 Å². The number of benzene rings is 2. The number of ether oxygens (including phenoxy) is 1. The van der Waals surface area contributed by atoms with Crippen LogP contribution < -0.4 is 4.74 Å². The molecule has 2 aromatic rings. The highest BCUT2D eigenvalue weighted by Crippen LogP contribution is 2.28. The second-order valence-corrected chi connectivity index (χ2v) is 5.38. The highest BCUT2D eigenvalue weighted by molar-refractivity contribution is 9.10. The first kappa shape index (κ1) is 16.1. The third-order valence-electron chi connectivity index (χ3n) is 2.68. The monoisotopic (exact) mass is 383 g/mol. The van der Waals surface area contributed by atoms with Gasteiger partial charge in [-0.3, -0.25) is 14.9 Å². The van der Waals surface area contributed by atoms with Crippen LogP contribution in [0.15, 0.2) is 40.9 Å². The maximum Gasteiger partial charge on any atom is 0.345 e. The normalized spacial score (nSPS) is 10.1. The van der Waals surface area contributed by atoms with Crippen molar-refractivity contribution in [3.05, 3.63) is 67.1 Å². The molecule has 2 aromatic carbocycles. The molecule has 0 amide bonds. The number of carbonyl (C=O) groups excluding carboxylic acids is 2. The maximum absolute atomic E-state index is 12.1. The molecule has 112 valence electrons. The Morgan fingerprint density at radius 2 is 2.00 bits per heavy atom. The number of carbonyl (C=O) groups is 2. The van der Waals surface area contributed by atoms with Crippen molar-refractivity contribution in [2.75, 3.05) is 0 Å². The highest BCUT2D eigenvalue weighted by atomic mass is 79.9. The van der Waals surface area contributed by atoms with Crippen LogP contribution in [0.2, 0.25) is 5.02 Å². The van der Waals surface area contributed by atoms with Gasteiger partial charge >= 0.3 is 5.97 Å². The second kappa shape index (κ2) is 6.67. The fourth-order valence-electron chi connectivity index (χ4n) is 1.61. The molecular formula is C14H7BrClNO5. The molecule has 0 atom stereocenters. The highest BCUT2D eigenvalue weighted by Gasteiger charge is 2.17. The summed E-state index contributed by atoms with van der Waals surface area (Å²) in [7, 11) is 0. The zero-order valence-electron chi connectivity index (χ0n) is 10.8. The van der Waals surface area contributed by atoms with E-state index < -0.39 is 10.9 Å². The number of hydrogen-bond donors (Lipinski definition) is 0. The number of nitro benzene ring substituents is 1. The van der Waals surface area contributed by atoms with E-state index >= 15 is 0 Å². The van der Waals surface area contributed by atoms with Crippen LogP contribution in [0.4, 0.5) is 5.69 Å². The first-order chi connectivity index (χ1) is 10.4. The lowest BCUT2D eigenvalue weighted by atomic mass is 10.2. The number of esters is 1.